The first-order chi connectivity index (χ1) is 12.0. The normalized spacial score (nSPS) is 23.3. The smallest absolute Gasteiger partial charge is 0.252 e. The van der Waals surface area contributed by atoms with Crippen LogP contribution >= 0.6 is 0 Å². The molecule has 8 nitrogen and oxygen atoms in total. The minimum atomic E-state index is -2.92. The average Bonchev–Trinajstić information content (AvgIpc) is 2.95. The fraction of sp³-hybridized carbons (Fsp3) is 0.625. The van der Waals surface area contributed by atoms with E-state index in [-0.39, 0.29) is 23.5 Å². The molecule has 1 atom stereocenters. The Morgan fingerprint density at radius 1 is 1.32 bits per heavy atom. The summed E-state index contributed by atoms with van der Waals surface area (Å²) in [6.45, 7) is 4.67. The summed E-state index contributed by atoms with van der Waals surface area (Å²) in [5.41, 5.74) is 0.492. The van der Waals surface area contributed by atoms with Crippen molar-refractivity contribution < 1.29 is 17.9 Å². The predicted molar refractivity (Wildman–Crippen MR) is 94.5 cm³/mol. The number of carbonyl (C=O) groups excluding carboxylic acids is 1. The molecule has 3 rings (SSSR count). The summed E-state index contributed by atoms with van der Waals surface area (Å²) >= 11 is 0. The van der Waals surface area contributed by atoms with Crippen molar-refractivity contribution in [1.82, 2.24) is 15.2 Å². The third-order valence-corrected chi connectivity index (χ3v) is 6.20. The first kappa shape index (κ1) is 18.1. The minimum absolute atomic E-state index is 0.106. The highest BCUT2D eigenvalue weighted by molar-refractivity contribution is 7.91. The standard InChI is InChI=1S/C16H24N4O4S/c21-16(17-4-5-20-6-8-24-9-7-20)13-1-2-15(18-11-13)19-14-3-10-25(22,23)12-14/h1-2,11,14H,3-10,12H2,(H,17,21)(H,18,19). The van der Waals surface area contributed by atoms with Crippen LogP contribution in [0.3, 0.4) is 0 Å². The molecule has 3 heterocycles. The third-order valence-electron chi connectivity index (χ3n) is 4.43. The van der Waals surface area contributed by atoms with Gasteiger partial charge >= 0.3 is 0 Å². The molecule has 2 aliphatic heterocycles. The van der Waals surface area contributed by atoms with Gasteiger partial charge in [-0.2, -0.15) is 0 Å². The second kappa shape index (κ2) is 8.11. The van der Waals surface area contributed by atoms with Crippen molar-refractivity contribution in [2.75, 3.05) is 56.2 Å². The van der Waals surface area contributed by atoms with Gasteiger partial charge in [0, 0.05) is 38.4 Å². The van der Waals surface area contributed by atoms with E-state index < -0.39 is 9.84 Å². The number of nitrogens with one attached hydrogen (secondary N) is 2. The number of morpholine rings is 1. The number of hydrogen-bond donors (Lipinski definition) is 2. The second-order valence-electron chi connectivity index (χ2n) is 6.39. The van der Waals surface area contributed by atoms with Crippen molar-refractivity contribution in [2.24, 2.45) is 0 Å². The number of aromatic nitrogens is 1. The zero-order chi connectivity index (χ0) is 17.7. The summed E-state index contributed by atoms with van der Waals surface area (Å²) in [4.78, 5) is 18.6. The van der Waals surface area contributed by atoms with Gasteiger partial charge in [-0.1, -0.05) is 0 Å². The van der Waals surface area contributed by atoms with E-state index >= 15 is 0 Å². The van der Waals surface area contributed by atoms with Crippen molar-refractivity contribution in [3.8, 4) is 0 Å². The number of rotatable bonds is 6. The number of hydrogen-bond acceptors (Lipinski definition) is 7. The summed E-state index contributed by atoms with van der Waals surface area (Å²) in [5, 5.41) is 6.00. The van der Waals surface area contributed by atoms with Crippen LogP contribution in [0.15, 0.2) is 18.3 Å². The first-order valence-corrected chi connectivity index (χ1v) is 10.4. The number of pyridine rings is 1. The van der Waals surface area contributed by atoms with Crippen molar-refractivity contribution in [3.05, 3.63) is 23.9 Å². The topological polar surface area (TPSA) is 101 Å². The SMILES string of the molecule is O=C(NCCN1CCOCC1)c1ccc(NC2CCS(=O)(=O)C2)nc1. The quantitative estimate of drug-likeness (QED) is 0.714. The highest BCUT2D eigenvalue weighted by atomic mass is 32.2. The minimum Gasteiger partial charge on any atom is -0.379 e. The van der Waals surface area contributed by atoms with E-state index in [9.17, 15) is 13.2 Å². The zero-order valence-electron chi connectivity index (χ0n) is 14.1. The summed E-state index contributed by atoms with van der Waals surface area (Å²) in [7, 11) is -2.92. The van der Waals surface area contributed by atoms with Crippen molar-refractivity contribution >= 4 is 21.6 Å². The van der Waals surface area contributed by atoms with Gasteiger partial charge in [0.15, 0.2) is 9.84 Å². The fourth-order valence-corrected chi connectivity index (χ4v) is 4.66. The van der Waals surface area contributed by atoms with E-state index in [4.69, 9.17) is 4.74 Å². The number of sulfone groups is 1. The number of anilines is 1. The molecule has 0 aliphatic carbocycles. The van der Waals surface area contributed by atoms with Crippen molar-refractivity contribution in [1.29, 1.82) is 0 Å². The third kappa shape index (κ3) is 5.38. The van der Waals surface area contributed by atoms with Gasteiger partial charge in [0.05, 0.1) is 30.3 Å². The van der Waals surface area contributed by atoms with E-state index in [1.807, 2.05) is 0 Å². The number of amides is 1. The Kier molecular flexibility index (Phi) is 5.87. The molecule has 1 unspecified atom stereocenters. The second-order valence-corrected chi connectivity index (χ2v) is 8.62. The zero-order valence-corrected chi connectivity index (χ0v) is 14.9. The van der Waals surface area contributed by atoms with Crippen LogP contribution in [0.4, 0.5) is 5.82 Å². The number of ether oxygens (including phenoxy) is 1. The van der Waals surface area contributed by atoms with Crippen LogP contribution in [-0.2, 0) is 14.6 Å². The van der Waals surface area contributed by atoms with Crippen molar-refractivity contribution in [3.63, 3.8) is 0 Å². The van der Waals surface area contributed by atoms with Gasteiger partial charge in [-0.3, -0.25) is 9.69 Å². The molecule has 25 heavy (non-hydrogen) atoms. The van der Waals surface area contributed by atoms with Gasteiger partial charge in [-0.25, -0.2) is 13.4 Å². The predicted octanol–water partition coefficient (Wildman–Crippen LogP) is -0.257. The summed E-state index contributed by atoms with van der Waals surface area (Å²) < 4.78 is 28.2. The molecule has 2 aliphatic rings. The maximum absolute atomic E-state index is 12.1. The van der Waals surface area contributed by atoms with Crippen LogP contribution in [0.1, 0.15) is 16.8 Å². The van der Waals surface area contributed by atoms with Gasteiger partial charge in [0.2, 0.25) is 0 Å². The lowest BCUT2D eigenvalue weighted by atomic mass is 10.2. The highest BCUT2D eigenvalue weighted by Gasteiger charge is 2.27. The molecule has 9 heteroatoms. The van der Waals surface area contributed by atoms with Crippen LogP contribution in [-0.4, -0.2) is 81.1 Å². The molecule has 0 saturated carbocycles. The van der Waals surface area contributed by atoms with Gasteiger partial charge < -0.3 is 15.4 Å². The maximum Gasteiger partial charge on any atom is 0.252 e. The van der Waals surface area contributed by atoms with Crippen molar-refractivity contribution in [2.45, 2.75) is 12.5 Å². The Bertz CT molecular complexity index is 687. The Labute approximate surface area is 147 Å². The van der Waals surface area contributed by atoms with E-state index in [0.717, 1.165) is 32.8 Å². The maximum atomic E-state index is 12.1. The lowest BCUT2D eigenvalue weighted by molar-refractivity contribution is 0.0383. The molecule has 2 saturated heterocycles. The van der Waals surface area contributed by atoms with E-state index in [0.29, 0.717) is 24.3 Å². The van der Waals surface area contributed by atoms with Gasteiger partial charge in [-0.15, -0.1) is 0 Å². The van der Waals surface area contributed by atoms with Gasteiger partial charge in [-0.05, 0) is 18.6 Å². The Hall–Kier alpha value is -1.71. The van der Waals surface area contributed by atoms with Crippen LogP contribution in [0.25, 0.3) is 0 Å². The largest absolute Gasteiger partial charge is 0.379 e. The van der Waals surface area contributed by atoms with E-state index in [1.54, 1.807) is 12.1 Å². The molecular formula is C16H24N4O4S. The Morgan fingerprint density at radius 3 is 2.76 bits per heavy atom. The van der Waals surface area contributed by atoms with E-state index in [1.165, 1.54) is 6.20 Å². The number of nitrogens with zero attached hydrogens (tertiary/aromatic N) is 2. The van der Waals surface area contributed by atoms with Gasteiger partial charge in [0.25, 0.3) is 5.91 Å². The molecule has 138 valence electrons. The molecular weight excluding hydrogens is 344 g/mol. The van der Waals surface area contributed by atoms with Gasteiger partial charge in [0.1, 0.15) is 5.82 Å². The molecule has 0 spiro atoms. The van der Waals surface area contributed by atoms with Crippen LogP contribution in [0.5, 0.6) is 0 Å². The highest BCUT2D eigenvalue weighted by Crippen LogP contribution is 2.16. The molecule has 0 radical (unpaired) electrons. The molecule has 1 aromatic rings. The Balaban J connectivity index is 1.44. The first-order valence-electron chi connectivity index (χ1n) is 8.53. The molecule has 2 fully saturated rings. The summed E-state index contributed by atoms with van der Waals surface area (Å²) in [5.74, 6) is 0.787. The average molecular weight is 368 g/mol. The van der Waals surface area contributed by atoms with Crippen LogP contribution in [0.2, 0.25) is 0 Å². The van der Waals surface area contributed by atoms with E-state index in [2.05, 4.69) is 20.5 Å². The monoisotopic (exact) mass is 368 g/mol. The summed E-state index contributed by atoms with van der Waals surface area (Å²) in [6.07, 6.45) is 2.10. The molecule has 0 bridgehead atoms. The summed E-state index contributed by atoms with van der Waals surface area (Å²) in [6, 6.07) is 3.30. The number of carbonyl (C=O) groups is 1. The lowest BCUT2D eigenvalue weighted by Crippen LogP contribution is -2.41. The molecule has 1 aromatic heterocycles. The lowest BCUT2D eigenvalue weighted by Gasteiger charge is -2.26. The fourth-order valence-electron chi connectivity index (χ4n) is 2.99. The molecule has 2 N–H and O–H groups in total. The Morgan fingerprint density at radius 2 is 2.12 bits per heavy atom. The molecule has 0 aromatic carbocycles. The van der Waals surface area contributed by atoms with Crippen LogP contribution < -0.4 is 10.6 Å². The molecule has 1 amide bonds. The van der Waals surface area contributed by atoms with Crippen LogP contribution in [0, 0.1) is 0 Å².